The molecule has 2 heteroatoms. The molecule has 3 rings (SSSR count). The van der Waals surface area contributed by atoms with E-state index in [1.165, 1.54) is 5.56 Å². The Balaban J connectivity index is 1.86. The fourth-order valence-corrected chi connectivity index (χ4v) is 2.74. The third-order valence-corrected chi connectivity index (χ3v) is 3.90. The zero-order valence-corrected chi connectivity index (χ0v) is 10.3. The first-order valence-corrected chi connectivity index (χ1v) is 5.99. The van der Waals surface area contributed by atoms with Gasteiger partial charge in [0.25, 0.3) is 0 Å². The molecule has 0 aliphatic carbocycles. The Morgan fingerprint density at radius 1 is 1.19 bits per heavy atom. The van der Waals surface area contributed by atoms with Gasteiger partial charge in [0.1, 0.15) is 12.4 Å². The highest BCUT2D eigenvalue weighted by atomic mass is 16.5. The van der Waals surface area contributed by atoms with Crippen LogP contribution < -0.4 is 4.74 Å². The maximum atomic E-state index is 5.79. The molecule has 0 atom stereocenters. The molecule has 0 unspecified atom stereocenters. The van der Waals surface area contributed by atoms with Gasteiger partial charge in [0.15, 0.2) is 0 Å². The molecule has 0 saturated carbocycles. The summed E-state index contributed by atoms with van der Waals surface area (Å²) in [4.78, 5) is 2.53. The first kappa shape index (κ1) is 10.2. The number of hydrogen-bond acceptors (Lipinski definition) is 2. The molecule has 2 heterocycles. The second kappa shape index (κ2) is 3.01. The van der Waals surface area contributed by atoms with E-state index in [-0.39, 0.29) is 11.0 Å². The van der Waals surface area contributed by atoms with Crippen molar-refractivity contribution in [3.8, 4) is 5.75 Å². The van der Waals surface area contributed by atoms with E-state index in [0.29, 0.717) is 0 Å². The van der Waals surface area contributed by atoms with Gasteiger partial charge in [0.2, 0.25) is 0 Å². The minimum Gasteiger partial charge on any atom is -0.492 e. The van der Waals surface area contributed by atoms with E-state index in [9.17, 15) is 0 Å². The lowest BCUT2D eigenvalue weighted by molar-refractivity contribution is -0.0189. The summed E-state index contributed by atoms with van der Waals surface area (Å²) in [5.74, 6) is 1.09. The van der Waals surface area contributed by atoms with Crippen LogP contribution in [0.25, 0.3) is 0 Å². The van der Waals surface area contributed by atoms with Gasteiger partial charge in [-0.3, -0.25) is 4.90 Å². The fraction of sp³-hybridized carbons (Fsp3) is 0.571. The largest absolute Gasteiger partial charge is 0.492 e. The molecule has 86 valence electrons. The molecular formula is C14H19NO. The number of fused-ring (bicyclic) bond motifs is 2. The smallest absolute Gasteiger partial charge is 0.123 e. The van der Waals surface area contributed by atoms with Crippen LogP contribution in [0, 0.1) is 0 Å². The van der Waals surface area contributed by atoms with Crippen LogP contribution in [0.15, 0.2) is 24.3 Å². The fourth-order valence-electron chi connectivity index (χ4n) is 2.74. The van der Waals surface area contributed by atoms with E-state index in [0.717, 1.165) is 25.4 Å². The van der Waals surface area contributed by atoms with E-state index >= 15 is 0 Å². The zero-order valence-electron chi connectivity index (χ0n) is 10.3. The summed E-state index contributed by atoms with van der Waals surface area (Å²) in [6.45, 7) is 9.96. The number of hydrogen-bond donors (Lipinski definition) is 0. The van der Waals surface area contributed by atoms with E-state index < -0.39 is 0 Å². The molecule has 2 nitrogen and oxygen atoms in total. The third-order valence-electron chi connectivity index (χ3n) is 3.90. The molecule has 1 fully saturated rings. The maximum absolute atomic E-state index is 5.79. The molecule has 2 aliphatic heterocycles. The van der Waals surface area contributed by atoms with E-state index in [2.05, 4.69) is 49.9 Å². The summed E-state index contributed by atoms with van der Waals surface area (Å²) >= 11 is 0. The summed E-state index contributed by atoms with van der Waals surface area (Å²) in [7, 11) is 0. The highest BCUT2D eigenvalue weighted by Gasteiger charge is 2.52. The minimum absolute atomic E-state index is 0.281. The van der Waals surface area contributed by atoms with Crippen LogP contribution in [0.1, 0.15) is 26.3 Å². The Labute approximate surface area is 97.2 Å². The van der Waals surface area contributed by atoms with Gasteiger partial charge in [-0.05, 0) is 26.8 Å². The first-order chi connectivity index (χ1) is 7.51. The molecule has 1 aromatic carbocycles. The standard InChI is InChI=1S/C14H19NO/c1-13(2,3)15-8-14(9-15)10-16-12-7-5-4-6-11(12)14/h4-7H,8-10H2,1-3H3. The summed E-state index contributed by atoms with van der Waals surface area (Å²) in [5.41, 5.74) is 1.97. The molecular weight excluding hydrogens is 198 g/mol. The second-order valence-corrected chi connectivity index (χ2v) is 6.09. The first-order valence-electron chi connectivity index (χ1n) is 5.99. The number of rotatable bonds is 0. The van der Waals surface area contributed by atoms with E-state index in [1.54, 1.807) is 0 Å². The van der Waals surface area contributed by atoms with Crippen molar-refractivity contribution in [3.05, 3.63) is 29.8 Å². The highest BCUT2D eigenvalue weighted by Crippen LogP contribution is 2.46. The van der Waals surface area contributed by atoms with Gasteiger partial charge in [-0.2, -0.15) is 0 Å². The highest BCUT2D eigenvalue weighted by molar-refractivity contribution is 5.46. The van der Waals surface area contributed by atoms with Crippen LogP contribution in [0.3, 0.4) is 0 Å². The van der Waals surface area contributed by atoms with Crippen molar-refractivity contribution in [1.82, 2.24) is 4.90 Å². The number of ether oxygens (including phenoxy) is 1. The molecule has 2 aliphatic rings. The van der Waals surface area contributed by atoms with Crippen molar-refractivity contribution in [2.45, 2.75) is 31.7 Å². The van der Waals surface area contributed by atoms with Crippen molar-refractivity contribution in [3.63, 3.8) is 0 Å². The molecule has 0 aromatic heterocycles. The molecule has 16 heavy (non-hydrogen) atoms. The minimum atomic E-state index is 0.281. The lowest BCUT2D eigenvalue weighted by atomic mass is 9.73. The van der Waals surface area contributed by atoms with Crippen molar-refractivity contribution < 1.29 is 4.74 Å². The lowest BCUT2D eigenvalue weighted by Crippen LogP contribution is -2.65. The summed E-state index contributed by atoms with van der Waals surface area (Å²) in [6.07, 6.45) is 0. The Hall–Kier alpha value is -1.02. The van der Waals surface area contributed by atoms with Crippen molar-refractivity contribution >= 4 is 0 Å². The number of para-hydroxylation sites is 1. The van der Waals surface area contributed by atoms with Gasteiger partial charge in [0.05, 0.1) is 5.41 Å². The average molecular weight is 217 g/mol. The quantitative estimate of drug-likeness (QED) is 0.662. The van der Waals surface area contributed by atoms with Gasteiger partial charge in [-0.25, -0.2) is 0 Å². The van der Waals surface area contributed by atoms with Crippen molar-refractivity contribution in [2.24, 2.45) is 0 Å². The van der Waals surface area contributed by atoms with Crippen LogP contribution in [0.2, 0.25) is 0 Å². The van der Waals surface area contributed by atoms with Gasteiger partial charge in [-0.1, -0.05) is 18.2 Å². The van der Waals surface area contributed by atoms with Crippen LogP contribution in [0.5, 0.6) is 5.75 Å². The number of nitrogens with zero attached hydrogens (tertiary/aromatic N) is 1. The molecule has 0 amide bonds. The molecule has 0 radical (unpaired) electrons. The Morgan fingerprint density at radius 2 is 1.88 bits per heavy atom. The van der Waals surface area contributed by atoms with Gasteiger partial charge in [-0.15, -0.1) is 0 Å². The molecule has 1 aromatic rings. The number of benzene rings is 1. The SMILES string of the molecule is CC(C)(C)N1CC2(COc3ccccc32)C1. The average Bonchev–Trinajstić information content (AvgIpc) is 2.53. The van der Waals surface area contributed by atoms with Crippen LogP contribution in [-0.4, -0.2) is 30.1 Å². The van der Waals surface area contributed by atoms with Gasteiger partial charge < -0.3 is 4.74 Å². The van der Waals surface area contributed by atoms with Crippen LogP contribution >= 0.6 is 0 Å². The predicted molar refractivity (Wildman–Crippen MR) is 64.9 cm³/mol. The number of likely N-dealkylation sites (tertiary alicyclic amines) is 1. The molecule has 1 spiro atoms. The van der Waals surface area contributed by atoms with Gasteiger partial charge in [0, 0.05) is 24.2 Å². The Kier molecular flexibility index (Phi) is 1.91. The Morgan fingerprint density at radius 3 is 2.56 bits per heavy atom. The van der Waals surface area contributed by atoms with Crippen molar-refractivity contribution in [1.29, 1.82) is 0 Å². The Bertz CT molecular complexity index is 413. The third kappa shape index (κ3) is 1.29. The lowest BCUT2D eigenvalue weighted by Gasteiger charge is -2.53. The van der Waals surface area contributed by atoms with Crippen molar-refractivity contribution in [2.75, 3.05) is 19.7 Å². The van der Waals surface area contributed by atoms with E-state index in [4.69, 9.17) is 4.74 Å². The van der Waals surface area contributed by atoms with Crippen LogP contribution in [-0.2, 0) is 5.41 Å². The molecule has 0 N–H and O–H groups in total. The van der Waals surface area contributed by atoms with Crippen LogP contribution in [0.4, 0.5) is 0 Å². The molecule has 0 bridgehead atoms. The predicted octanol–water partition coefficient (Wildman–Crippen LogP) is 2.43. The zero-order chi connectivity index (χ0) is 11.4. The van der Waals surface area contributed by atoms with Gasteiger partial charge >= 0.3 is 0 Å². The summed E-state index contributed by atoms with van der Waals surface area (Å²) in [5, 5.41) is 0. The molecule has 1 saturated heterocycles. The summed E-state index contributed by atoms with van der Waals surface area (Å²) < 4.78 is 5.79. The second-order valence-electron chi connectivity index (χ2n) is 6.09. The van der Waals surface area contributed by atoms with E-state index in [1.807, 2.05) is 0 Å². The summed E-state index contributed by atoms with van der Waals surface area (Å²) in [6, 6.07) is 8.49. The monoisotopic (exact) mass is 217 g/mol. The topological polar surface area (TPSA) is 12.5 Å². The maximum Gasteiger partial charge on any atom is 0.123 e. The normalized spacial score (nSPS) is 22.7.